The Kier molecular flexibility index (Phi) is 6.66. The van der Waals surface area contributed by atoms with Crippen LogP contribution in [0, 0.1) is 0 Å². The lowest BCUT2D eigenvalue weighted by Crippen LogP contribution is -2.42. The van der Waals surface area contributed by atoms with Crippen LogP contribution in [0.15, 0.2) is 0 Å². The second-order valence-electron chi connectivity index (χ2n) is 3.87. The van der Waals surface area contributed by atoms with E-state index in [0.29, 0.717) is 0 Å². The normalized spacial score (nSPS) is 26.7. The average molecular weight is 324 g/mol. The minimum atomic E-state index is -1.47. The van der Waals surface area contributed by atoms with Crippen molar-refractivity contribution in [2.24, 2.45) is 0 Å². The number of aliphatic hydroxyl groups excluding tert-OH is 1. The average Bonchev–Trinajstić information content (AvgIpc) is 2.83. The van der Waals surface area contributed by atoms with Gasteiger partial charge in [-0.05, 0) is 0 Å². The van der Waals surface area contributed by atoms with Gasteiger partial charge in [-0.1, -0.05) is 0 Å². The van der Waals surface area contributed by atoms with Gasteiger partial charge >= 0.3 is 18.5 Å². The van der Waals surface area contributed by atoms with Crippen molar-refractivity contribution in [2.75, 3.05) is 27.9 Å². The first-order valence-corrected chi connectivity index (χ1v) is 5.96. The van der Waals surface area contributed by atoms with E-state index < -0.39 is 49.7 Å². The molecule has 0 saturated carbocycles. The highest BCUT2D eigenvalue weighted by Gasteiger charge is 2.52. The maximum atomic E-state index is 11.3. The first-order chi connectivity index (χ1) is 10.5. The summed E-state index contributed by atoms with van der Waals surface area (Å²) in [6, 6.07) is 0. The molecule has 0 aromatic carbocycles. The fourth-order valence-corrected chi connectivity index (χ4v) is 1.66. The number of carbonyl (C=O) groups is 3. The Morgan fingerprint density at radius 3 is 1.77 bits per heavy atom. The van der Waals surface area contributed by atoms with E-state index in [1.807, 2.05) is 0 Å². The van der Waals surface area contributed by atoms with Gasteiger partial charge in [0.2, 0.25) is 12.4 Å². The molecule has 11 heteroatoms. The Morgan fingerprint density at radius 2 is 1.32 bits per heavy atom. The molecule has 0 spiro atoms. The molecular weight excluding hydrogens is 308 g/mol. The lowest BCUT2D eigenvalue weighted by atomic mass is 10.1. The zero-order valence-corrected chi connectivity index (χ0v) is 12.0. The van der Waals surface area contributed by atoms with Crippen LogP contribution < -0.4 is 0 Å². The number of aliphatic hydroxyl groups is 1. The summed E-state index contributed by atoms with van der Waals surface area (Å²) in [5.74, 6) is 0. The number of hydrogen-bond donors (Lipinski definition) is 1. The predicted molar refractivity (Wildman–Crippen MR) is 63.8 cm³/mol. The van der Waals surface area contributed by atoms with E-state index in [1.165, 1.54) is 0 Å². The van der Waals surface area contributed by atoms with E-state index >= 15 is 0 Å². The van der Waals surface area contributed by atoms with E-state index in [9.17, 15) is 19.5 Å². The van der Waals surface area contributed by atoms with Gasteiger partial charge in [0.25, 0.3) is 0 Å². The zero-order valence-electron chi connectivity index (χ0n) is 12.0. The SMILES string of the molecule is COC(=O)O[C@@H]1O[C@H](CO)[C@@H](OC(=O)OC)[C@H]1OC(=O)OC. The molecule has 1 fully saturated rings. The molecule has 11 nitrogen and oxygen atoms in total. The Labute approximate surface area is 124 Å². The van der Waals surface area contributed by atoms with Crippen LogP contribution in [0.2, 0.25) is 0 Å². The van der Waals surface area contributed by atoms with Crippen LogP contribution in [0.3, 0.4) is 0 Å². The summed E-state index contributed by atoms with van der Waals surface area (Å²) < 4.78 is 32.5. The highest BCUT2D eigenvalue weighted by molar-refractivity contribution is 5.62. The molecule has 0 aromatic rings. The van der Waals surface area contributed by atoms with Crippen molar-refractivity contribution >= 4 is 18.5 Å². The van der Waals surface area contributed by atoms with Gasteiger partial charge in [0.15, 0.2) is 6.10 Å². The summed E-state index contributed by atoms with van der Waals surface area (Å²) in [5, 5.41) is 9.24. The van der Waals surface area contributed by atoms with Gasteiger partial charge < -0.3 is 38.3 Å². The molecule has 1 rings (SSSR count). The number of hydrogen-bond acceptors (Lipinski definition) is 11. The summed E-state index contributed by atoms with van der Waals surface area (Å²) >= 11 is 0. The van der Waals surface area contributed by atoms with E-state index in [1.54, 1.807) is 0 Å². The van der Waals surface area contributed by atoms with E-state index in [2.05, 4.69) is 14.2 Å². The van der Waals surface area contributed by atoms with Crippen LogP contribution in [-0.4, -0.2) is 76.1 Å². The molecule has 0 amide bonds. The lowest BCUT2D eigenvalue weighted by Gasteiger charge is -2.22. The Morgan fingerprint density at radius 1 is 0.864 bits per heavy atom. The van der Waals surface area contributed by atoms with Gasteiger partial charge in [-0.3, -0.25) is 0 Å². The summed E-state index contributed by atoms with van der Waals surface area (Å²) in [5.41, 5.74) is 0. The molecule has 0 aliphatic carbocycles. The van der Waals surface area contributed by atoms with Crippen LogP contribution in [0.4, 0.5) is 14.4 Å². The quantitative estimate of drug-likeness (QED) is 0.543. The van der Waals surface area contributed by atoms with Crippen molar-refractivity contribution in [1.29, 1.82) is 0 Å². The monoisotopic (exact) mass is 324 g/mol. The van der Waals surface area contributed by atoms with E-state index in [4.69, 9.17) is 18.9 Å². The second kappa shape index (κ2) is 8.24. The Hall–Kier alpha value is -2.27. The minimum absolute atomic E-state index is 0.607. The first kappa shape index (κ1) is 17.8. The molecule has 0 unspecified atom stereocenters. The molecule has 22 heavy (non-hydrogen) atoms. The number of rotatable bonds is 4. The van der Waals surface area contributed by atoms with Crippen LogP contribution in [0.1, 0.15) is 0 Å². The third kappa shape index (κ3) is 4.36. The molecule has 0 radical (unpaired) electrons. The molecule has 1 N–H and O–H groups in total. The Balaban J connectivity index is 2.93. The second-order valence-corrected chi connectivity index (χ2v) is 3.87. The Bertz CT molecular complexity index is 409. The largest absolute Gasteiger partial charge is 0.510 e. The van der Waals surface area contributed by atoms with Crippen molar-refractivity contribution in [3.05, 3.63) is 0 Å². The van der Waals surface area contributed by atoms with Gasteiger partial charge in [-0.25, -0.2) is 14.4 Å². The molecule has 126 valence electrons. The van der Waals surface area contributed by atoms with Crippen molar-refractivity contribution in [3.8, 4) is 0 Å². The van der Waals surface area contributed by atoms with Gasteiger partial charge in [-0.2, -0.15) is 0 Å². The molecule has 1 aliphatic rings. The van der Waals surface area contributed by atoms with E-state index in [-0.39, 0.29) is 0 Å². The van der Waals surface area contributed by atoms with Crippen LogP contribution in [0.5, 0.6) is 0 Å². The molecule has 4 atom stereocenters. The molecule has 1 aliphatic heterocycles. The first-order valence-electron chi connectivity index (χ1n) is 5.96. The topological polar surface area (TPSA) is 136 Å². The third-order valence-corrected chi connectivity index (χ3v) is 2.62. The summed E-state index contributed by atoms with van der Waals surface area (Å²) in [4.78, 5) is 33.6. The van der Waals surface area contributed by atoms with Crippen molar-refractivity contribution in [3.63, 3.8) is 0 Å². The maximum Gasteiger partial charge on any atom is 0.510 e. The molecular formula is C11H16O11. The predicted octanol–water partition coefficient (Wildman–Crippen LogP) is -0.210. The number of carbonyl (C=O) groups excluding carboxylic acids is 3. The molecule has 0 aromatic heterocycles. The summed E-state index contributed by atoms with van der Waals surface area (Å²) in [6.07, 6.45) is -8.64. The standard InChI is InChI=1S/C11H16O11/c1-16-9(13)20-6-5(4-12)19-8(22-11(15)18-3)7(6)21-10(14)17-2/h5-8,12H,4H2,1-3H3/t5-,6-,7-,8+/m1/s1. The molecule has 0 bridgehead atoms. The van der Waals surface area contributed by atoms with Crippen molar-refractivity contribution < 1.29 is 52.6 Å². The van der Waals surface area contributed by atoms with Crippen LogP contribution in [0.25, 0.3) is 0 Å². The fraction of sp³-hybridized carbons (Fsp3) is 0.727. The minimum Gasteiger partial charge on any atom is -0.438 e. The van der Waals surface area contributed by atoms with Gasteiger partial charge in [0.1, 0.15) is 6.10 Å². The van der Waals surface area contributed by atoms with Gasteiger partial charge in [0.05, 0.1) is 27.9 Å². The highest BCUT2D eigenvalue weighted by Crippen LogP contribution is 2.28. The third-order valence-electron chi connectivity index (χ3n) is 2.62. The molecule has 1 saturated heterocycles. The highest BCUT2D eigenvalue weighted by atomic mass is 16.8. The van der Waals surface area contributed by atoms with E-state index in [0.717, 1.165) is 21.3 Å². The fourth-order valence-electron chi connectivity index (χ4n) is 1.66. The lowest BCUT2D eigenvalue weighted by molar-refractivity contribution is -0.151. The van der Waals surface area contributed by atoms with Crippen molar-refractivity contribution in [1.82, 2.24) is 0 Å². The summed E-state index contributed by atoms with van der Waals surface area (Å²) in [6.45, 7) is -0.607. The van der Waals surface area contributed by atoms with Crippen LogP contribution in [-0.2, 0) is 33.2 Å². The maximum absolute atomic E-state index is 11.3. The molecule has 1 heterocycles. The van der Waals surface area contributed by atoms with Crippen LogP contribution >= 0.6 is 0 Å². The summed E-state index contributed by atoms with van der Waals surface area (Å²) in [7, 11) is 3.16. The van der Waals surface area contributed by atoms with Gasteiger partial charge in [-0.15, -0.1) is 0 Å². The van der Waals surface area contributed by atoms with Crippen molar-refractivity contribution in [2.45, 2.75) is 24.6 Å². The van der Waals surface area contributed by atoms with Gasteiger partial charge in [0, 0.05) is 0 Å². The number of methoxy groups -OCH3 is 3. The smallest absolute Gasteiger partial charge is 0.438 e. The number of ether oxygens (including phenoxy) is 7. The zero-order chi connectivity index (χ0) is 16.7.